The second-order valence-electron chi connectivity index (χ2n) is 7.55. The molecule has 0 bridgehead atoms. The number of alkyl halides is 1. The first kappa shape index (κ1) is 18.8. The predicted molar refractivity (Wildman–Crippen MR) is 96.5 cm³/mol. The van der Waals surface area contributed by atoms with Crippen molar-refractivity contribution in [2.75, 3.05) is 5.88 Å². The van der Waals surface area contributed by atoms with Crippen molar-refractivity contribution < 1.29 is 8.42 Å². The predicted octanol–water partition coefficient (Wildman–Crippen LogP) is 4.45. The largest absolute Gasteiger partial charge is 0.240 e. The fraction of sp³-hybridized carbons (Fsp3) is 0.667. The first-order valence-electron chi connectivity index (χ1n) is 8.43. The zero-order chi connectivity index (χ0) is 17.1. The zero-order valence-electron chi connectivity index (χ0n) is 14.3. The second-order valence-corrected chi connectivity index (χ2v) is 9.58. The van der Waals surface area contributed by atoms with Gasteiger partial charge in [0.25, 0.3) is 0 Å². The molecule has 1 aromatic carbocycles. The Balaban J connectivity index is 2.13. The molecule has 0 spiro atoms. The molecule has 0 heterocycles. The molecule has 1 saturated carbocycles. The van der Waals surface area contributed by atoms with E-state index in [2.05, 4.69) is 25.5 Å². The van der Waals surface area contributed by atoms with Crippen LogP contribution in [0.2, 0.25) is 0 Å². The van der Waals surface area contributed by atoms with Crippen LogP contribution < -0.4 is 4.72 Å². The van der Waals surface area contributed by atoms with E-state index in [0.717, 1.165) is 18.4 Å². The van der Waals surface area contributed by atoms with Crippen LogP contribution in [0.5, 0.6) is 0 Å². The van der Waals surface area contributed by atoms with Crippen LogP contribution in [0, 0.1) is 5.92 Å². The van der Waals surface area contributed by atoms with Gasteiger partial charge in [0.1, 0.15) is 0 Å². The van der Waals surface area contributed by atoms with Crippen LogP contribution in [0.15, 0.2) is 29.2 Å². The lowest BCUT2D eigenvalue weighted by Crippen LogP contribution is -2.42. The number of nitrogens with one attached hydrogen (secondary N) is 1. The molecule has 2 rings (SSSR count). The normalized spacial score (nSPS) is 18.8. The molecule has 1 aliphatic carbocycles. The van der Waals surface area contributed by atoms with Crippen LogP contribution in [-0.2, 0) is 15.4 Å². The third-order valence-corrected chi connectivity index (χ3v) is 6.56. The van der Waals surface area contributed by atoms with Crippen molar-refractivity contribution in [2.45, 2.75) is 69.2 Å². The van der Waals surface area contributed by atoms with Gasteiger partial charge in [0.05, 0.1) is 4.90 Å². The lowest BCUT2D eigenvalue weighted by molar-refractivity contribution is 0.305. The molecule has 1 aliphatic rings. The Morgan fingerprint density at radius 2 is 1.70 bits per heavy atom. The molecular weight excluding hydrogens is 330 g/mol. The molecule has 0 unspecified atom stereocenters. The minimum absolute atomic E-state index is 0.0104. The summed E-state index contributed by atoms with van der Waals surface area (Å²) in [6.45, 7) is 6.34. The smallest absolute Gasteiger partial charge is 0.207 e. The lowest BCUT2D eigenvalue weighted by atomic mass is 9.85. The molecule has 130 valence electrons. The molecule has 1 aromatic rings. The van der Waals surface area contributed by atoms with Gasteiger partial charge in [-0.2, -0.15) is 0 Å². The number of halogens is 1. The topological polar surface area (TPSA) is 46.2 Å². The van der Waals surface area contributed by atoms with Crippen LogP contribution in [0.4, 0.5) is 0 Å². The van der Waals surface area contributed by atoms with E-state index in [1.165, 1.54) is 19.3 Å². The summed E-state index contributed by atoms with van der Waals surface area (Å²) in [5.74, 6) is 0.675. The number of rotatable bonds is 5. The van der Waals surface area contributed by atoms with Gasteiger partial charge >= 0.3 is 0 Å². The summed E-state index contributed by atoms with van der Waals surface area (Å²) >= 11 is 6.05. The van der Waals surface area contributed by atoms with Crippen LogP contribution in [-0.4, -0.2) is 20.3 Å². The molecule has 0 saturated heterocycles. The summed E-state index contributed by atoms with van der Waals surface area (Å²) in [6.07, 6.45) is 5.69. The van der Waals surface area contributed by atoms with Crippen molar-refractivity contribution in [3.05, 3.63) is 29.8 Å². The van der Waals surface area contributed by atoms with Crippen LogP contribution in [0.3, 0.4) is 0 Å². The van der Waals surface area contributed by atoms with Gasteiger partial charge in [-0.3, -0.25) is 0 Å². The molecule has 0 aliphatic heterocycles. The Hall–Kier alpha value is -0.580. The Labute approximate surface area is 145 Å². The van der Waals surface area contributed by atoms with E-state index in [-0.39, 0.29) is 11.5 Å². The maximum absolute atomic E-state index is 12.6. The Bertz CT molecular complexity index is 599. The van der Waals surface area contributed by atoms with Crippen molar-refractivity contribution in [3.8, 4) is 0 Å². The van der Waals surface area contributed by atoms with Crippen molar-refractivity contribution in [2.24, 2.45) is 5.92 Å². The van der Waals surface area contributed by atoms with Crippen LogP contribution >= 0.6 is 11.6 Å². The Morgan fingerprint density at radius 1 is 1.13 bits per heavy atom. The average Bonchev–Trinajstić information content (AvgIpc) is 2.53. The molecule has 1 fully saturated rings. The molecule has 0 radical (unpaired) electrons. The number of hydrogen-bond acceptors (Lipinski definition) is 2. The lowest BCUT2D eigenvalue weighted by Gasteiger charge is -2.29. The van der Waals surface area contributed by atoms with Crippen molar-refractivity contribution >= 4 is 21.6 Å². The van der Waals surface area contributed by atoms with Crippen LogP contribution in [0.25, 0.3) is 0 Å². The summed E-state index contributed by atoms with van der Waals surface area (Å²) in [4.78, 5) is 0.316. The summed E-state index contributed by atoms with van der Waals surface area (Å²) in [7, 11) is -3.52. The van der Waals surface area contributed by atoms with Gasteiger partial charge in [-0.1, -0.05) is 52.2 Å². The van der Waals surface area contributed by atoms with Gasteiger partial charge in [0, 0.05) is 11.9 Å². The molecule has 0 aromatic heterocycles. The minimum atomic E-state index is -3.52. The number of sulfonamides is 1. The van der Waals surface area contributed by atoms with Crippen molar-refractivity contribution in [3.63, 3.8) is 0 Å². The monoisotopic (exact) mass is 357 g/mol. The fourth-order valence-corrected chi connectivity index (χ4v) is 4.92. The zero-order valence-corrected chi connectivity index (χ0v) is 15.9. The van der Waals surface area contributed by atoms with Crippen LogP contribution in [0.1, 0.15) is 58.4 Å². The van der Waals surface area contributed by atoms with Crippen molar-refractivity contribution in [1.29, 1.82) is 0 Å². The maximum atomic E-state index is 12.6. The standard InChI is InChI=1S/C18H28ClNO2S/c1-18(2,3)15-9-11-16(12-10-15)23(21,22)20-17(13-19)14-7-5-4-6-8-14/h9-12,14,17,20H,4-8,13H2,1-3H3/t17-/m0/s1. The Morgan fingerprint density at radius 3 is 2.17 bits per heavy atom. The average molecular weight is 358 g/mol. The van der Waals surface area contributed by atoms with Crippen molar-refractivity contribution in [1.82, 2.24) is 4.72 Å². The highest BCUT2D eigenvalue weighted by atomic mass is 35.5. The Kier molecular flexibility index (Phi) is 6.15. The van der Waals surface area contributed by atoms with Gasteiger partial charge in [-0.15, -0.1) is 11.6 Å². The highest BCUT2D eigenvalue weighted by molar-refractivity contribution is 7.89. The summed E-state index contributed by atoms with van der Waals surface area (Å²) in [6, 6.07) is 6.99. The third-order valence-electron chi connectivity index (χ3n) is 4.72. The van der Waals surface area contributed by atoms with E-state index in [1.54, 1.807) is 12.1 Å². The van der Waals surface area contributed by atoms with Gasteiger partial charge in [0.2, 0.25) is 10.0 Å². The van der Waals surface area contributed by atoms with Gasteiger partial charge in [-0.05, 0) is 41.9 Å². The first-order valence-corrected chi connectivity index (χ1v) is 10.4. The number of benzene rings is 1. The van der Waals surface area contributed by atoms with E-state index in [9.17, 15) is 8.42 Å². The minimum Gasteiger partial charge on any atom is -0.207 e. The summed E-state index contributed by atoms with van der Waals surface area (Å²) in [5.41, 5.74) is 1.13. The van der Waals surface area contributed by atoms with E-state index >= 15 is 0 Å². The molecule has 23 heavy (non-hydrogen) atoms. The SMILES string of the molecule is CC(C)(C)c1ccc(S(=O)(=O)N[C@@H](CCl)C2CCCCC2)cc1. The van der Waals surface area contributed by atoms with E-state index < -0.39 is 10.0 Å². The maximum Gasteiger partial charge on any atom is 0.240 e. The highest BCUT2D eigenvalue weighted by Gasteiger charge is 2.28. The van der Waals surface area contributed by atoms with E-state index in [0.29, 0.717) is 16.7 Å². The molecule has 3 nitrogen and oxygen atoms in total. The molecular formula is C18H28ClNO2S. The van der Waals surface area contributed by atoms with Gasteiger partial charge < -0.3 is 0 Å². The summed E-state index contributed by atoms with van der Waals surface area (Å²) in [5, 5.41) is 0. The van der Waals surface area contributed by atoms with Gasteiger partial charge in [0.15, 0.2) is 0 Å². The van der Waals surface area contributed by atoms with E-state index in [4.69, 9.17) is 11.6 Å². The molecule has 5 heteroatoms. The second kappa shape index (κ2) is 7.54. The summed E-state index contributed by atoms with van der Waals surface area (Å²) < 4.78 is 28.1. The molecule has 1 N–H and O–H groups in total. The van der Waals surface area contributed by atoms with Gasteiger partial charge in [-0.25, -0.2) is 13.1 Å². The molecule has 1 atom stereocenters. The third kappa shape index (κ3) is 4.94. The quantitative estimate of drug-likeness (QED) is 0.791. The fourth-order valence-electron chi connectivity index (χ4n) is 3.19. The van der Waals surface area contributed by atoms with E-state index in [1.807, 2.05) is 12.1 Å². The first-order chi connectivity index (χ1) is 10.7. The number of hydrogen-bond donors (Lipinski definition) is 1. The highest BCUT2D eigenvalue weighted by Crippen LogP contribution is 2.28. The molecule has 0 amide bonds.